The van der Waals surface area contributed by atoms with Gasteiger partial charge >= 0.3 is 0 Å². The minimum absolute atomic E-state index is 0.102. The van der Waals surface area contributed by atoms with Crippen LogP contribution in [0.2, 0.25) is 0 Å². The predicted octanol–water partition coefficient (Wildman–Crippen LogP) is 3.50. The van der Waals surface area contributed by atoms with Crippen molar-refractivity contribution >= 4 is 5.91 Å². The maximum Gasteiger partial charge on any atom is 0.227 e. The molecule has 1 fully saturated rings. The molecule has 0 aromatic heterocycles. The van der Waals surface area contributed by atoms with Crippen molar-refractivity contribution in [1.29, 1.82) is 0 Å². The van der Waals surface area contributed by atoms with Gasteiger partial charge in [0.2, 0.25) is 5.91 Å². The van der Waals surface area contributed by atoms with Crippen molar-refractivity contribution in [2.24, 2.45) is 0 Å². The topological polar surface area (TPSA) is 32.8 Å². The maximum absolute atomic E-state index is 13.0. The smallest absolute Gasteiger partial charge is 0.227 e. The van der Waals surface area contributed by atoms with E-state index in [1.54, 1.807) is 12.1 Å². The molecule has 4 nitrogen and oxygen atoms in total. The molecule has 27 heavy (non-hydrogen) atoms. The van der Waals surface area contributed by atoms with Gasteiger partial charge in [0, 0.05) is 38.3 Å². The van der Waals surface area contributed by atoms with Crippen molar-refractivity contribution in [3.05, 3.63) is 65.5 Å². The van der Waals surface area contributed by atoms with E-state index in [2.05, 4.69) is 11.0 Å². The Bertz CT molecular complexity index is 753. The van der Waals surface area contributed by atoms with E-state index >= 15 is 0 Å². The van der Waals surface area contributed by atoms with Crippen LogP contribution in [0, 0.1) is 5.82 Å². The van der Waals surface area contributed by atoms with E-state index in [1.807, 2.05) is 36.9 Å². The normalized spacial score (nSPS) is 15.2. The summed E-state index contributed by atoms with van der Waals surface area (Å²) in [7, 11) is 0. The zero-order valence-corrected chi connectivity index (χ0v) is 16.0. The predicted molar refractivity (Wildman–Crippen MR) is 104 cm³/mol. The van der Waals surface area contributed by atoms with Gasteiger partial charge in [0.25, 0.3) is 0 Å². The van der Waals surface area contributed by atoms with E-state index in [4.69, 9.17) is 4.74 Å². The number of ether oxygens (including phenoxy) is 1. The highest BCUT2D eigenvalue weighted by atomic mass is 19.1. The summed E-state index contributed by atoms with van der Waals surface area (Å²) in [5, 5.41) is 0. The molecular weight excluding hydrogens is 343 g/mol. The van der Waals surface area contributed by atoms with Gasteiger partial charge in [-0.05, 0) is 37.6 Å². The van der Waals surface area contributed by atoms with Gasteiger partial charge in [-0.15, -0.1) is 0 Å². The van der Waals surface area contributed by atoms with Gasteiger partial charge in [-0.3, -0.25) is 9.69 Å². The van der Waals surface area contributed by atoms with Gasteiger partial charge in [0.1, 0.15) is 11.6 Å². The lowest BCUT2D eigenvalue weighted by atomic mass is 10.1. The average Bonchev–Trinajstić information content (AvgIpc) is 2.65. The largest absolute Gasteiger partial charge is 0.491 e. The number of carbonyl (C=O) groups is 1. The highest BCUT2D eigenvalue weighted by Crippen LogP contribution is 2.22. The van der Waals surface area contributed by atoms with E-state index in [1.165, 1.54) is 17.7 Å². The van der Waals surface area contributed by atoms with E-state index in [-0.39, 0.29) is 17.8 Å². The van der Waals surface area contributed by atoms with Crippen molar-refractivity contribution < 1.29 is 13.9 Å². The van der Waals surface area contributed by atoms with Crippen LogP contribution in [0.5, 0.6) is 5.75 Å². The summed E-state index contributed by atoms with van der Waals surface area (Å²) >= 11 is 0. The van der Waals surface area contributed by atoms with Crippen LogP contribution in [0.1, 0.15) is 25.0 Å². The van der Waals surface area contributed by atoms with Gasteiger partial charge < -0.3 is 9.64 Å². The van der Waals surface area contributed by atoms with Crippen molar-refractivity contribution in [2.45, 2.75) is 32.9 Å². The molecule has 1 saturated heterocycles. The lowest BCUT2D eigenvalue weighted by Gasteiger charge is -2.35. The quantitative estimate of drug-likeness (QED) is 0.780. The molecule has 2 aromatic carbocycles. The summed E-state index contributed by atoms with van der Waals surface area (Å²) < 4.78 is 18.9. The molecule has 1 amide bonds. The van der Waals surface area contributed by atoms with Crippen LogP contribution in [0.15, 0.2) is 48.5 Å². The number of para-hydroxylation sites is 1. The molecule has 5 heteroatoms. The standard InChI is InChI=1S/C22H27FN2O2/c1-17(2)27-21-6-4-3-5-19(21)16-24-11-13-25(14-12-24)22(26)15-18-7-9-20(23)10-8-18/h3-10,17H,11-16H2,1-2H3. The van der Waals surface area contributed by atoms with Gasteiger partial charge in [0.15, 0.2) is 0 Å². The molecule has 1 heterocycles. The lowest BCUT2D eigenvalue weighted by Crippen LogP contribution is -2.48. The SMILES string of the molecule is CC(C)Oc1ccccc1CN1CCN(C(=O)Cc2ccc(F)cc2)CC1. The van der Waals surface area contributed by atoms with Gasteiger partial charge in [-0.25, -0.2) is 4.39 Å². The molecule has 1 aliphatic rings. The molecule has 0 spiro atoms. The van der Waals surface area contributed by atoms with Crippen LogP contribution in [-0.2, 0) is 17.8 Å². The molecular formula is C22H27FN2O2. The minimum Gasteiger partial charge on any atom is -0.491 e. The maximum atomic E-state index is 13.0. The number of piperazine rings is 1. The van der Waals surface area contributed by atoms with Crippen LogP contribution in [-0.4, -0.2) is 48.0 Å². The molecule has 0 N–H and O–H groups in total. The number of carbonyl (C=O) groups excluding carboxylic acids is 1. The second-order valence-electron chi connectivity index (χ2n) is 7.23. The Hall–Kier alpha value is -2.40. The molecule has 0 saturated carbocycles. The summed E-state index contributed by atoms with van der Waals surface area (Å²) in [6, 6.07) is 14.3. The Kier molecular flexibility index (Phi) is 6.45. The Balaban J connectivity index is 1.52. The van der Waals surface area contributed by atoms with E-state index in [0.717, 1.165) is 30.9 Å². The number of hydrogen-bond acceptors (Lipinski definition) is 3. The van der Waals surface area contributed by atoms with Crippen molar-refractivity contribution in [1.82, 2.24) is 9.80 Å². The van der Waals surface area contributed by atoms with Crippen LogP contribution < -0.4 is 4.74 Å². The number of amides is 1. The highest BCUT2D eigenvalue weighted by molar-refractivity contribution is 5.78. The molecule has 0 bridgehead atoms. The van der Waals surface area contributed by atoms with E-state index in [9.17, 15) is 9.18 Å². The zero-order chi connectivity index (χ0) is 19.2. The third kappa shape index (κ3) is 5.54. The summed E-state index contributed by atoms with van der Waals surface area (Å²) in [5.74, 6) is 0.758. The van der Waals surface area contributed by atoms with Gasteiger partial charge in [0.05, 0.1) is 12.5 Å². The molecule has 0 radical (unpaired) electrons. The van der Waals surface area contributed by atoms with E-state index < -0.39 is 0 Å². The second-order valence-corrected chi connectivity index (χ2v) is 7.23. The first-order valence-electron chi connectivity index (χ1n) is 9.50. The highest BCUT2D eigenvalue weighted by Gasteiger charge is 2.22. The van der Waals surface area contributed by atoms with Gasteiger partial charge in [-0.2, -0.15) is 0 Å². The minimum atomic E-state index is -0.276. The number of rotatable bonds is 6. The van der Waals surface area contributed by atoms with Crippen LogP contribution >= 0.6 is 0 Å². The molecule has 0 unspecified atom stereocenters. The zero-order valence-electron chi connectivity index (χ0n) is 16.0. The third-order valence-electron chi connectivity index (χ3n) is 4.72. The van der Waals surface area contributed by atoms with Crippen molar-refractivity contribution in [3.63, 3.8) is 0 Å². The molecule has 144 valence electrons. The van der Waals surface area contributed by atoms with Crippen LogP contribution in [0.25, 0.3) is 0 Å². The third-order valence-corrected chi connectivity index (χ3v) is 4.72. The average molecular weight is 370 g/mol. The fraction of sp³-hybridized carbons (Fsp3) is 0.409. The fourth-order valence-electron chi connectivity index (χ4n) is 3.29. The summed E-state index contributed by atoms with van der Waals surface area (Å²) in [6.45, 7) is 7.99. The molecule has 0 aliphatic carbocycles. The number of hydrogen-bond donors (Lipinski definition) is 0. The number of benzene rings is 2. The lowest BCUT2D eigenvalue weighted by molar-refractivity contribution is -0.132. The Labute approximate surface area is 160 Å². The molecule has 0 atom stereocenters. The first kappa shape index (κ1) is 19.4. The van der Waals surface area contributed by atoms with Crippen LogP contribution in [0.4, 0.5) is 4.39 Å². The summed E-state index contributed by atoms with van der Waals surface area (Å²) in [4.78, 5) is 16.7. The summed E-state index contributed by atoms with van der Waals surface area (Å²) in [6.07, 6.45) is 0.470. The first-order valence-corrected chi connectivity index (χ1v) is 9.50. The monoisotopic (exact) mass is 370 g/mol. The number of nitrogens with zero attached hydrogens (tertiary/aromatic N) is 2. The van der Waals surface area contributed by atoms with Crippen LogP contribution in [0.3, 0.4) is 0 Å². The van der Waals surface area contributed by atoms with Crippen molar-refractivity contribution in [2.75, 3.05) is 26.2 Å². The van der Waals surface area contributed by atoms with E-state index in [0.29, 0.717) is 19.5 Å². The number of halogens is 1. The first-order chi connectivity index (χ1) is 13.0. The Morgan fingerprint density at radius 2 is 1.70 bits per heavy atom. The van der Waals surface area contributed by atoms with Gasteiger partial charge in [-0.1, -0.05) is 30.3 Å². The Morgan fingerprint density at radius 3 is 2.37 bits per heavy atom. The van der Waals surface area contributed by atoms with Crippen molar-refractivity contribution in [3.8, 4) is 5.75 Å². The molecule has 1 aliphatic heterocycles. The fourth-order valence-corrected chi connectivity index (χ4v) is 3.29. The molecule has 2 aromatic rings. The Morgan fingerprint density at radius 1 is 1.04 bits per heavy atom. The summed E-state index contributed by atoms with van der Waals surface area (Å²) in [5.41, 5.74) is 2.03. The second kappa shape index (κ2) is 9.00. The molecule has 3 rings (SSSR count).